The highest BCUT2D eigenvalue weighted by Gasteiger charge is 2.31. The van der Waals surface area contributed by atoms with Crippen molar-refractivity contribution in [3.8, 4) is 0 Å². The van der Waals surface area contributed by atoms with Crippen LogP contribution in [0.4, 0.5) is 10.5 Å². The number of benzene rings is 1. The van der Waals surface area contributed by atoms with E-state index in [1.165, 1.54) is 0 Å². The number of carbonyl (C=O) groups is 1. The highest BCUT2D eigenvalue weighted by atomic mass is 16.3. The Labute approximate surface area is 113 Å². The zero-order valence-electron chi connectivity index (χ0n) is 11.4. The molecule has 1 aliphatic rings. The Balaban J connectivity index is 1.91. The number of aliphatic hydroxyl groups is 1. The summed E-state index contributed by atoms with van der Waals surface area (Å²) in [6, 6.07) is 5.59. The SMILES string of the molecule is Cc1cccc(C)c1NC(=O)NC[C@]1(O)CCNC1. The molecule has 0 aliphatic carbocycles. The van der Waals surface area contributed by atoms with Gasteiger partial charge in [0.25, 0.3) is 0 Å². The van der Waals surface area contributed by atoms with Gasteiger partial charge in [0, 0.05) is 18.8 Å². The third-order valence-corrected chi connectivity index (χ3v) is 3.52. The van der Waals surface area contributed by atoms with Crippen molar-refractivity contribution in [1.82, 2.24) is 10.6 Å². The first-order valence-electron chi connectivity index (χ1n) is 6.54. The highest BCUT2D eigenvalue weighted by Crippen LogP contribution is 2.19. The molecule has 1 aromatic carbocycles. The lowest BCUT2D eigenvalue weighted by atomic mass is 10.0. The van der Waals surface area contributed by atoms with Crippen LogP contribution < -0.4 is 16.0 Å². The molecule has 1 heterocycles. The number of amides is 2. The molecule has 104 valence electrons. The van der Waals surface area contributed by atoms with Crippen molar-refractivity contribution in [2.24, 2.45) is 0 Å². The molecular formula is C14H21N3O2. The Hall–Kier alpha value is -1.59. The summed E-state index contributed by atoms with van der Waals surface area (Å²) in [6.45, 7) is 5.48. The van der Waals surface area contributed by atoms with Gasteiger partial charge in [-0.25, -0.2) is 4.79 Å². The summed E-state index contributed by atoms with van der Waals surface area (Å²) in [7, 11) is 0. The number of β-amino-alcohol motifs (C(OH)–C–C–N with tert-alkyl or cyclic N) is 1. The van der Waals surface area contributed by atoms with Crippen molar-refractivity contribution in [2.45, 2.75) is 25.9 Å². The van der Waals surface area contributed by atoms with Crippen molar-refractivity contribution < 1.29 is 9.90 Å². The Bertz CT molecular complexity index is 448. The third-order valence-electron chi connectivity index (χ3n) is 3.52. The second kappa shape index (κ2) is 5.59. The van der Waals surface area contributed by atoms with E-state index in [0.717, 1.165) is 23.4 Å². The molecule has 1 atom stereocenters. The van der Waals surface area contributed by atoms with E-state index in [-0.39, 0.29) is 12.6 Å². The van der Waals surface area contributed by atoms with Crippen molar-refractivity contribution >= 4 is 11.7 Å². The first-order valence-corrected chi connectivity index (χ1v) is 6.54. The van der Waals surface area contributed by atoms with Crippen LogP contribution >= 0.6 is 0 Å². The molecule has 0 bridgehead atoms. The molecule has 1 aliphatic heterocycles. The fraction of sp³-hybridized carbons (Fsp3) is 0.500. The summed E-state index contributed by atoms with van der Waals surface area (Å²) in [4.78, 5) is 11.9. The quantitative estimate of drug-likeness (QED) is 0.661. The maximum Gasteiger partial charge on any atom is 0.319 e. The maximum atomic E-state index is 11.9. The Kier molecular flexibility index (Phi) is 4.07. The molecule has 5 nitrogen and oxygen atoms in total. The summed E-state index contributed by atoms with van der Waals surface area (Å²) < 4.78 is 0. The monoisotopic (exact) mass is 263 g/mol. The summed E-state index contributed by atoms with van der Waals surface area (Å²) in [5.74, 6) is 0. The van der Waals surface area contributed by atoms with Crippen LogP contribution in [0.5, 0.6) is 0 Å². The summed E-state index contributed by atoms with van der Waals surface area (Å²) in [5, 5.41) is 18.8. The normalized spacial score (nSPS) is 22.3. The van der Waals surface area contributed by atoms with Crippen molar-refractivity contribution in [3.05, 3.63) is 29.3 Å². The zero-order valence-corrected chi connectivity index (χ0v) is 11.4. The standard InChI is InChI=1S/C14H21N3O2/c1-10-4-3-5-11(2)12(10)17-13(18)16-9-14(19)6-7-15-8-14/h3-5,15,19H,6-9H2,1-2H3,(H2,16,17,18)/t14-/m0/s1. The number of anilines is 1. The van der Waals surface area contributed by atoms with Gasteiger partial charge in [-0.15, -0.1) is 0 Å². The molecule has 2 amide bonds. The van der Waals surface area contributed by atoms with Crippen molar-refractivity contribution in [3.63, 3.8) is 0 Å². The molecular weight excluding hydrogens is 242 g/mol. The van der Waals surface area contributed by atoms with E-state index in [1.54, 1.807) is 0 Å². The molecule has 1 aromatic rings. The number of aryl methyl sites for hydroxylation is 2. The topological polar surface area (TPSA) is 73.4 Å². The average Bonchev–Trinajstić information content (AvgIpc) is 2.79. The van der Waals surface area contributed by atoms with Gasteiger partial charge in [0.2, 0.25) is 0 Å². The second-order valence-corrected chi connectivity index (χ2v) is 5.23. The van der Waals surface area contributed by atoms with Gasteiger partial charge in [0.15, 0.2) is 0 Å². The smallest absolute Gasteiger partial charge is 0.319 e. The van der Waals surface area contributed by atoms with E-state index in [1.807, 2.05) is 32.0 Å². The summed E-state index contributed by atoms with van der Waals surface area (Å²) in [6.07, 6.45) is 0.663. The highest BCUT2D eigenvalue weighted by molar-refractivity contribution is 5.91. The largest absolute Gasteiger partial charge is 0.387 e. The van der Waals surface area contributed by atoms with Gasteiger partial charge in [0.1, 0.15) is 0 Å². The minimum atomic E-state index is -0.821. The van der Waals surface area contributed by atoms with Crippen molar-refractivity contribution in [1.29, 1.82) is 0 Å². The van der Waals surface area contributed by atoms with Crippen LogP contribution in [0.1, 0.15) is 17.5 Å². The molecule has 4 N–H and O–H groups in total. The molecule has 2 rings (SSSR count). The van der Waals surface area contributed by atoms with Crippen LogP contribution in [0.3, 0.4) is 0 Å². The van der Waals surface area contributed by atoms with E-state index in [9.17, 15) is 9.90 Å². The molecule has 0 spiro atoms. The number of nitrogens with one attached hydrogen (secondary N) is 3. The van der Waals surface area contributed by atoms with Gasteiger partial charge in [-0.1, -0.05) is 18.2 Å². The van der Waals surface area contributed by atoms with Gasteiger partial charge >= 0.3 is 6.03 Å². The lowest BCUT2D eigenvalue weighted by Crippen LogP contribution is -2.45. The number of hydrogen-bond acceptors (Lipinski definition) is 3. The first-order chi connectivity index (χ1) is 9.00. The Morgan fingerprint density at radius 2 is 2.11 bits per heavy atom. The Morgan fingerprint density at radius 3 is 2.68 bits per heavy atom. The van der Waals surface area contributed by atoms with E-state index in [4.69, 9.17) is 0 Å². The minimum Gasteiger partial charge on any atom is -0.387 e. The van der Waals surface area contributed by atoms with Crippen LogP contribution in [0, 0.1) is 13.8 Å². The van der Waals surface area contributed by atoms with E-state index < -0.39 is 5.60 Å². The molecule has 5 heteroatoms. The predicted octanol–water partition coefficient (Wildman–Crippen LogP) is 1.15. The summed E-state index contributed by atoms with van der Waals surface area (Å²) in [5.41, 5.74) is 2.06. The van der Waals surface area contributed by atoms with Gasteiger partial charge in [-0.3, -0.25) is 0 Å². The molecule has 0 radical (unpaired) electrons. The van der Waals surface area contributed by atoms with Gasteiger partial charge in [0.05, 0.1) is 5.60 Å². The predicted molar refractivity (Wildman–Crippen MR) is 75.4 cm³/mol. The van der Waals surface area contributed by atoms with Crippen molar-refractivity contribution in [2.75, 3.05) is 25.0 Å². The Morgan fingerprint density at radius 1 is 1.42 bits per heavy atom. The molecule has 1 saturated heterocycles. The van der Waals surface area contributed by atoms with E-state index >= 15 is 0 Å². The molecule has 0 unspecified atom stereocenters. The third kappa shape index (κ3) is 3.45. The van der Waals surface area contributed by atoms with Gasteiger partial charge in [-0.05, 0) is 37.9 Å². The molecule has 19 heavy (non-hydrogen) atoms. The second-order valence-electron chi connectivity index (χ2n) is 5.23. The lowest BCUT2D eigenvalue weighted by molar-refractivity contribution is 0.0640. The molecule has 1 fully saturated rings. The van der Waals surface area contributed by atoms with E-state index in [2.05, 4.69) is 16.0 Å². The zero-order chi connectivity index (χ0) is 13.9. The fourth-order valence-corrected chi connectivity index (χ4v) is 2.30. The summed E-state index contributed by atoms with van der Waals surface area (Å²) >= 11 is 0. The number of urea groups is 1. The first kappa shape index (κ1) is 13.8. The van der Waals surface area contributed by atoms with Crippen LogP contribution in [0.15, 0.2) is 18.2 Å². The fourth-order valence-electron chi connectivity index (χ4n) is 2.30. The maximum absolute atomic E-state index is 11.9. The minimum absolute atomic E-state index is 0.261. The van der Waals surface area contributed by atoms with E-state index in [0.29, 0.717) is 13.0 Å². The van der Waals surface area contributed by atoms with Crippen LogP contribution in [0.25, 0.3) is 0 Å². The number of hydrogen-bond donors (Lipinski definition) is 4. The van der Waals surface area contributed by atoms with Crippen LogP contribution in [0.2, 0.25) is 0 Å². The number of rotatable bonds is 3. The number of carbonyl (C=O) groups excluding carboxylic acids is 1. The molecule has 0 aromatic heterocycles. The van der Waals surface area contributed by atoms with Gasteiger partial charge < -0.3 is 21.1 Å². The number of para-hydroxylation sites is 1. The van der Waals surface area contributed by atoms with Crippen LogP contribution in [-0.2, 0) is 0 Å². The van der Waals surface area contributed by atoms with Crippen LogP contribution in [-0.4, -0.2) is 36.4 Å². The lowest BCUT2D eigenvalue weighted by Gasteiger charge is -2.22. The average molecular weight is 263 g/mol. The molecule has 0 saturated carbocycles. The van der Waals surface area contributed by atoms with Gasteiger partial charge in [-0.2, -0.15) is 0 Å².